The van der Waals surface area contributed by atoms with E-state index in [0.717, 1.165) is 11.4 Å². The molecule has 4 N–H and O–H groups in total. The Morgan fingerprint density at radius 3 is 2.70 bits per heavy atom. The fourth-order valence-electron chi connectivity index (χ4n) is 1.64. The van der Waals surface area contributed by atoms with E-state index in [-0.39, 0.29) is 0 Å². The summed E-state index contributed by atoms with van der Waals surface area (Å²) < 4.78 is 5.57. The summed E-state index contributed by atoms with van der Waals surface area (Å²) in [7, 11) is 0. The zero-order valence-electron chi connectivity index (χ0n) is 11.4. The van der Waals surface area contributed by atoms with Gasteiger partial charge >= 0.3 is 0 Å². The molecule has 0 bridgehead atoms. The highest BCUT2D eigenvalue weighted by Crippen LogP contribution is 2.28. The van der Waals surface area contributed by atoms with Crippen LogP contribution >= 0.6 is 11.8 Å². The first kappa shape index (κ1) is 14.4. The molecule has 0 spiro atoms. The quantitative estimate of drug-likeness (QED) is 0.326. The fraction of sp³-hybridized carbons (Fsp3) is 0.231. The summed E-state index contributed by atoms with van der Waals surface area (Å²) in [4.78, 5) is 8.60. The monoisotopic (exact) mass is 291 g/mol. The number of aromatic nitrogens is 2. The number of nitrogens with zero attached hydrogens (tertiary/aromatic N) is 2. The Hall–Kier alpha value is -1.99. The van der Waals surface area contributed by atoms with Gasteiger partial charge in [-0.2, -0.15) is 0 Å². The smallest absolute Gasteiger partial charge is 0.191 e. The van der Waals surface area contributed by atoms with Gasteiger partial charge in [-0.3, -0.25) is 0 Å². The Balaban J connectivity index is 2.29. The second kappa shape index (κ2) is 6.97. The highest BCUT2D eigenvalue weighted by atomic mass is 32.2. The van der Waals surface area contributed by atoms with Crippen LogP contribution in [0.2, 0.25) is 0 Å². The first-order valence-corrected chi connectivity index (χ1v) is 7.37. The topological polar surface area (TPSA) is 85.1 Å². The Morgan fingerprint density at radius 2 is 2.00 bits per heavy atom. The molecule has 2 aromatic rings. The molecule has 2 rings (SSSR count). The number of nitrogen functional groups attached to an aromatic ring is 1. The van der Waals surface area contributed by atoms with Crippen molar-refractivity contribution in [3.8, 4) is 5.75 Å². The number of nitrogens with two attached hydrogens (primary N) is 1. The lowest BCUT2D eigenvalue weighted by atomic mass is 10.3. The Kier molecular flexibility index (Phi) is 5.03. The molecule has 0 unspecified atom stereocenters. The van der Waals surface area contributed by atoms with Crippen LogP contribution in [0.4, 0.5) is 17.3 Å². The summed E-state index contributed by atoms with van der Waals surface area (Å²) in [6, 6.07) is 9.44. The molecule has 1 aromatic carbocycles. The van der Waals surface area contributed by atoms with Crippen LogP contribution in [-0.2, 0) is 0 Å². The van der Waals surface area contributed by atoms with Crippen molar-refractivity contribution >= 4 is 29.1 Å². The normalized spacial score (nSPS) is 10.2. The number of ether oxygens (including phenoxy) is 1. The summed E-state index contributed by atoms with van der Waals surface area (Å²) in [5.41, 5.74) is 3.38. The molecule has 0 aliphatic rings. The second-order valence-corrected chi connectivity index (χ2v) is 4.60. The van der Waals surface area contributed by atoms with Gasteiger partial charge in [-0.05, 0) is 25.3 Å². The highest BCUT2D eigenvalue weighted by molar-refractivity contribution is 7.98. The lowest BCUT2D eigenvalue weighted by Gasteiger charge is -2.12. The molecular formula is C13H17N5OS. The number of hydrogen-bond donors (Lipinski definition) is 3. The number of hydrogen-bond acceptors (Lipinski definition) is 7. The molecule has 0 aliphatic carbocycles. The fourth-order valence-corrected chi connectivity index (χ4v) is 2.02. The van der Waals surface area contributed by atoms with E-state index in [1.54, 1.807) is 6.07 Å². The molecule has 20 heavy (non-hydrogen) atoms. The maximum atomic E-state index is 5.57. The summed E-state index contributed by atoms with van der Waals surface area (Å²) in [5, 5.41) is 3.86. The first-order chi connectivity index (χ1) is 9.76. The van der Waals surface area contributed by atoms with Gasteiger partial charge in [0, 0.05) is 6.07 Å². The minimum Gasteiger partial charge on any atom is -0.492 e. The zero-order valence-corrected chi connectivity index (χ0v) is 12.2. The van der Waals surface area contributed by atoms with Crippen molar-refractivity contribution in [2.24, 2.45) is 5.84 Å². The van der Waals surface area contributed by atoms with Crippen molar-refractivity contribution in [2.75, 3.05) is 23.6 Å². The minimum atomic E-state index is 0.556. The number of hydrazine groups is 1. The van der Waals surface area contributed by atoms with Crippen molar-refractivity contribution in [1.29, 1.82) is 0 Å². The molecule has 0 atom stereocenters. The first-order valence-electron chi connectivity index (χ1n) is 6.15. The largest absolute Gasteiger partial charge is 0.492 e. The van der Waals surface area contributed by atoms with E-state index in [1.807, 2.05) is 37.4 Å². The van der Waals surface area contributed by atoms with Gasteiger partial charge in [-0.1, -0.05) is 23.9 Å². The van der Waals surface area contributed by atoms with Gasteiger partial charge in [0.15, 0.2) is 5.16 Å². The maximum Gasteiger partial charge on any atom is 0.191 e. The van der Waals surface area contributed by atoms with Gasteiger partial charge in [0.2, 0.25) is 0 Å². The van der Waals surface area contributed by atoms with Crippen molar-refractivity contribution < 1.29 is 4.74 Å². The molecule has 7 heteroatoms. The molecule has 0 radical (unpaired) electrons. The van der Waals surface area contributed by atoms with E-state index in [9.17, 15) is 0 Å². The molecule has 1 aromatic heterocycles. The van der Waals surface area contributed by atoms with E-state index in [4.69, 9.17) is 10.6 Å². The van der Waals surface area contributed by atoms with E-state index in [0.29, 0.717) is 23.4 Å². The van der Waals surface area contributed by atoms with Crippen LogP contribution in [-0.4, -0.2) is 22.8 Å². The molecule has 0 amide bonds. The summed E-state index contributed by atoms with van der Waals surface area (Å²) in [6.07, 6.45) is 1.91. The van der Waals surface area contributed by atoms with Crippen LogP contribution in [0.1, 0.15) is 6.92 Å². The minimum absolute atomic E-state index is 0.556. The number of thioether (sulfide) groups is 1. The lowest BCUT2D eigenvalue weighted by Crippen LogP contribution is -2.10. The SMILES string of the molecule is CCOc1ccccc1Nc1cc(NN)nc(SC)n1. The van der Waals surface area contributed by atoms with Gasteiger partial charge in [-0.25, -0.2) is 15.8 Å². The van der Waals surface area contributed by atoms with Crippen molar-refractivity contribution in [2.45, 2.75) is 12.1 Å². The van der Waals surface area contributed by atoms with Crippen LogP contribution in [0.15, 0.2) is 35.5 Å². The lowest BCUT2D eigenvalue weighted by molar-refractivity contribution is 0.342. The summed E-state index contributed by atoms with van der Waals surface area (Å²) >= 11 is 1.45. The van der Waals surface area contributed by atoms with Crippen LogP contribution in [0, 0.1) is 0 Å². The zero-order chi connectivity index (χ0) is 14.4. The highest BCUT2D eigenvalue weighted by Gasteiger charge is 2.07. The number of nitrogens with one attached hydrogen (secondary N) is 2. The van der Waals surface area contributed by atoms with E-state index < -0.39 is 0 Å². The number of benzene rings is 1. The van der Waals surface area contributed by atoms with E-state index >= 15 is 0 Å². The molecular weight excluding hydrogens is 274 g/mol. The van der Waals surface area contributed by atoms with Gasteiger partial charge < -0.3 is 15.5 Å². The third kappa shape index (κ3) is 3.52. The molecule has 0 saturated heterocycles. The van der Waals surface area contributed by atoms with Gasteiger partial charge in [0.05, 0.1) is 12.3 Å². The van der Waals surface area contributed by atoms with Crippen LogP contribution in [0.25, 0.3) is 0 Å². The van der Waals surface area contributed by atoms with E-state index in [2.05, 4.69) is 20.7 Å². The maximum absolute atomic E-state index is 5.57. The number of anilines is 3. The third-order valence-corrected chi connectivity index (χ3v) is 3.03. The number of rotatable bonds is 6. The van der Waals surface area contributed by atoms with Crippen molar-refractivity contribution in [3.05, 3.63) is 30.3 Å². The Morgan fingerprint density at radius 1 is 1.25 bits per heavy atom. The van der Waals surface area contributed by atoms with Crippen molar-refractivity contribution in [3.63, 3.8) is 0 Å². The molecule has 0 fully saturated rings. The third-order valence-electron chi connectivity index (χ3n) is 2.49. The summed E-state index contributed by atoms with van der Waals surface area (Å²) in [6.45, 7) is 2.55. The van der Waals surface area contributed by atoms with E-state index in [1.165, 1.54) is 11.8 Å². The molecule has 6 nitrogen and oxygen atoms in total. The summed E-state index contributed by atoms with van der Waals surface area (Å²) in [5.74, 6) is 7.40. The van der Waals surface area contributed by atoms with Gasteiger partial charge in [0.1, 0.15) is 17.4 Å². The van der Waals surface area contributed by atoms with Crippen LogP contribution in [0.3, 0.4) is 0 Å². The van der Waals surface area contributed by atoms with Crippen molar-refractivity contribution in [1.82, 2.24) is 9.97 Å². The molecule has 1 heterocycles. The predicted octanol–water partition coefficient (Wildman–Crippen LogP) is 2.63. The van der Waals surface area contributed by atoms with Gasteiger partial charge in [0.25, 0.3) is 0 Å². The Labute approximate surface area is 122 Å². The van der Waals surface area contributed by atoms with Gasteiger partial charge in [-0.15, -0.1) is 0 Å². The predicted molar refractivity (Wildman–Crippen MR) is 82.5 cm³/mol. The Bertz CT molecular complexity index is 556. The average Bonchev–Trinajstić information content (AvgIpc) is 2.49. The van der Waals surface area contributed by atoms with Crippen LogP contribution < -0.4 is 21.3 Å². The molecule has 0 saturated carbocycles. The second-order valence-electron chi connectivity index (χ2n) is 3.82. The molecule has 106 valence electrons. The standard InChI is InChI=1S/C13H17N5OS/c1-3-19-10-7-5-4-6-9(10)15-11-8-12(18-14)17-13(16-11)20-2/h4-8H,3,14H2,1-2H3,(H2,15,16,17,18). The average molecular weight is 291 g/mol. The molecule has 0 aliphatic heterocycles. The number of para-hydroxylation sites is 2. The van der Waals surface area contributed by atoms with Crippen LogP contribution in [0.5, 0.6) is 5.75 Å².